The van der Waals surface area contributed by atoms with Crippen molar-refractivity contribution in [1.82, 2.24) is 10.1 Å². The molecule has 7 heteroatoms. The van der Waals surface area contributed by atoms with Crippen molar-refractivity contribution in [3.8, 4) is 11.3 Å². The summed E-state index contributed by atoms with van der Waals surface area (Å²) in [5, 5.41) is 4.42. The number of carbonyl (C=O) groups excluding carboxylic acids is 2. The number of ether oxygens (including phenoxy) is 1. The van der Waals surface area contributed by atoms with Crippen molar-refractivity contribution in [2.45, 2.75) is 13.5 Å². The summed E-state index contributed by atoms with van der Waals surface area (Å²) in [5.41, 5.74) is 2.16. The average Bonchev–Trinajstić information content (AvgIpc) is 3.29. The molecule has 0 bridgehead atoms. The molecule has 0 radical (unpaired) electrons. The van der Waals surface area contributed by atoms with Crippen molar-refractivity contribution >= 4 is 22.7 Å². The molecule has 0 unspecified atom stereocenters. The van der Waals surface area contributed by atoms with E-state index in [-0.39, 0.29) is 29.2 Å². The minimum absolute atomic E-state index is 0.211. The number of Topliss-reactive ketones (excluding diaryl/α,β-unsaturated/α-hetero) is 1. The number of carbonyl (C=O) groups is 2. The third-order valence-electron chi connectivity index (χ3n) is 4.36. The fraction of sp³-hybridized carbons (Fsp3) is 0.0952. The summed E-state index contributed by atoms with van der Waals surface area (Å²) in [7, 11) is 0. The molecule has 0 fully saturated rings. The SMILES string of the molecule is Cc1[nH]c2ccccc2c1C(=O)C(=O)OCc1cc(-c2ccccc2F)on1. The lowest BCUT2D eigenvalue weighted by atomic mass is 10.1. The topological polar surface area (TPSA) is 85.2 Å². The molecule has 1 N–H and O–H groups in total. The van der Waals surface area contributed by atoms with Gasteiger partial charge in [0, 0.05) is 22.7 Å². The summed E-state index contributed by atoms with van der Waals surface area (Å²) < 4.78 is 24.0. The molecule has 4 aromatic rings. The van der Waals surface area contributed by atoms with Crippen LogP contribution in [0.15, 0.2) is 59.1 Å². The summed E-state index contributed by atoms with van der Waals surface area (Å²) in [6.07, 6.45) is 0. The summed E-state index contributed by atoms with van der Waals surface area (Å²) in [6, 6.07) is 14.8. The number of aromatic nitrogens is 2. The molecule has 2 aromatic heterocycles. The molecule has 0 spiro atoms. The zero-order valence-electron chi connectivity index (χ0n) is 14.9. The first kappa shape index (κ1) is 17.7. The first-order chi connectivity index (χ1) is 13.5. The Kier molecular flexibility index (Phi) is 4.49. The van der Waals surface area contributed by atoms with Crippen LogP contribution < -0.4 is 0 Å². The van der Waals surface area contributed by atoms with Gasteiger partial charge in [0.2, 0.25) is 0 Å². The molecule has 2 aromatic carbocycles. The first-order valence-corrected chi connectivity index (χ1v) is 8.54. The number of halogens is 1. The molecule has 4 rings (SSSR count). The summed E-state index contributed by atoms with van der Waals surface area (Å²) in [5.74, 6) is -1.98. The van der Waals surface area contributed by atoms with E-state index in [4.69, 9.17) is 9.26 Å². The quantitative estimate of drug-likeness (QED) is 0.320. The highest BCUT2D eigenvalue weighted by molar-refractivity contribution is 6.43. The van der Waals surface area contributed by atoms with Crippen molar-refractivity contribution in [3.05, 3.63) is 77.4 Å². The smallest absolute Gasteiger partial charge is 0.380 e. The highest BCUT2D eigenvalue weighted by Crippen LogP contribution is 2.24. The van der Waals surface area contributed by atoms with E-state index >= 15 is 0 Å². The largest absolute Gasteiger partial charge is 0.453 e. The van der Waals surface area contributed by atoms with Crippen LogP contribution in [0.3, 0.4) is 0 Å². The Labute approximate surface area is 158 Å². The highest BCUT2D eigenvalue weighted by atomic mass is 19.1. The third kappa shape index (κ3) is 3.18. The molecule has 140 valence electrons. The van der Waals surface area contributed by atoms with E-state index in [9.17, 15) is 14.0 Å². The number of hydrogen-bond acceptors (Lipinski definition) is 5. The lowest BCUT2D eigenvalue weighted by molar-refractivity contribution is -0.139. The molecular weight excluding hydrogens is 363 g/mol. The number of fused-ring (bicyclic) bond motifs is 1. The molecule has 6 nitrogen and oxygen atoms in total. The van der Waals surface area contributed by atoms with Gasteiger partial charge in [-0.3, -0.25) is 4.79 Å². The van der Waals surface area contributed by atoms with Crippen molar-refractivity contribution in [2.75, 3.05) is 0 Å². The number of nitrogens with one attached hydrogen (secondary N) is 1. The predicted octanol–water partition coefficient (Wildman–Crippen LogP) is 4.20. The Morgan fingerprint density at radius 1 is 1.14 bits per heavy atom. The van der Waals surface area contributed by atoms with Crippen LogP contribution >= 0.6 is 0 Å². The van der Waals surface area contributed by atoms with E-state index in [0.717, 1.165) is 5.52 Å². The van der Waals surface area contributed by atoms with Gasteiger partial charge in [-0.05, 0) is 25.1 Å². The number of rotatable bonds is 5. The van der Waals surface area contributed by atoms with Gasteiger partial charge in [0.05, 0.1) is 11.1 Å². The molecule has 0 saturated heterocycles. The zero-order chi connectivity index (χ0) is 19.7. The molecule has 0 aliphatic rings. The lowest BCUT2D eigenvalue weighted by Crippen LogP contribution is -2.18. The Morgan fingerprint density at radius 3 is 2.71 bits per heavy atom. The number of H-pyrrole nitrogens is 1. The van der Waals surface area contributed by atoms with Crippen LogP contribution in [-0.2, 0) is 16.1 Å². The predicted molar refractivity (Wildman–Crippen MR) is 99.1 cm³/mol. The lowest BCUT2D eigenvalue weighted by Gasteiger charge is -2.02. The van der Waals surface area contributed by atoms with Gasteiger partial charge in [-0.25, -0.2) is 9.18 Å². The van der Waals surface area contributed by atoms with E-state index in [0.29, 0.717) is 11.1 Å². The zero-order valence-corrected chi connectivity index (χ0v) is 14.9. The fourth-order valence-electron chi connectivity index (χ4n) is 3.04. The van der Waals surface area contributed by atoms with Crippen LogP contribution in [0.5, 0.6) is 0 Å². The van der Waals surface area contributed by atoms with Gasteiger partial charge < -0.3 is 14.2 Å². The van der Waals surface area contributed by atoms with Crippen molar-refractivity contribution in [2.24, 2.45) is 0 Å². The van der Waals surface area contributed by atoms with Crippen LogP contribution in [0.25, 0.3) is 22.2 Å². The van der Waals surface area contributed by atoms with Gasteiger partial charge in [-0.2, -0.15) is 0 Å². The second-order valence-corrected chi connectivity index (χ2v) is 6.24. The van der Waals surface area contributed by atoms with Crippen LogP contribution in [0, 0.1) is 12.7 Å². The molecule has 0 amide bonds. The minimum Gasteiger partial charge on any atom is -0.453 e. The fourth-order valence-corrected chi connectivity index (χ4v) is 3.04. The van der Waals surface area contributed by atoms with E-state index in [1.807, 2.05) is 12.1 Å². The monoisotopic (exact) mass is 378 g/mol. The number of benzene rings is 2. The second kappa shape index (κ2) is 7.11. The van der Waals surface area contributed by atoms with Gasteiger partial charge in [0.1, 0.15) is 18.1 Å². The van der Waals surface area contributed by atoms with Crippen LogP contribution in [0.2, 0.25) is 0 Å². The number of ketones is 1. The molecule has 28 heavy (non-hydrogen) atoms. The number of para-hydroxylation sites is 1. The number of nitrogens with zero attached hydrogens (tertiary/aromatic N) is 1. The van der Waals surface area contributed by atoms with Gasteiger partial charge in [-0.15, -0.1) is 0 Å². The molecule has 0 atom stereocenters. The molecule has 0 saturated carbocycles. The van der Waals surface area contributed by atoms with Gasteiger partial charge in [-0.1, -0.05) is 35.5 Å². The van der Waals surface area contributed by atoms with Crippen LogP contribution in [-0.4, -0.2) is 21.9 Å². The van der Waals surface area contributed by atoms with Crippen molar-refractivity contribution in [3.63, 3.8) is 0 Å². The van der Waals surface area contributed by atoms with E-state index in [1.165, 1.54) is 12.1 Å². The molecule has 2 heterocycles. The number of aryl methyl sites for hydroxylation is 1. The van der Waals surface area contributed by atoms with Crippen molar-refractivity contribution in [1.29, 1.82) is 0 Å². The van der Waals surface area contributed by atoms with Gasteiger partial charge in [0.15, 0.2) is 5.76 Å². The Hall–Kier alpha value is -3.74. The third-order valence-corrected chi connectivity index (χ3v) is 4.36. The second-order valence-electron chi connectivity index (χ2n) is 6.24. The van der Waals surface area contributed by atoms with Gasteiger partial charge in [0.25, 0.3) is 5.78 Å². The Morgan fingerprint density at radius 2 is 1.89 bits per heavy atom. The molecular formula is C21H15FN2O4. The summed E-state index contributed by atoms with van der Waals surface area (Å²) in [6.45, 7) is 1.46. The van der Waals surface area contributed by atoms with Gasteiger partial charge >= 0.3 is 5.97 Å². The minimum atomic E-state index is -0.997. The Bertz CT molecular complexity index is 1190. The Balaban J connectivity index is 1.48. The number of esters is 1. The maximum atomic E-state index is 13.8. The normalized spacial score (nSPS) is 10.9. The number of aromatic amines is 1. The number of hydrogen-bond donors (Lipinski definition) is 1. The summed E-state index contributed by atoms with van der Waals surface area (Å²) >= 11 is 0. The van der Waals surface area contributed by atoms with E-state index < -0.39 is 17.6 Å². The molecule has 0 aliphatic carbocycles. The summed E-state index contributed by atoms with van der Waals surface area (Å²) in [4.78, 5) is 27.9. The maximum absolute atomic E-state index is 13.8. The van der Waals surface area contributed by atoms with E-state index in [2.05, 4.69) is 10.1 Å². The van der Waals surface area contributed by atoms with Crippen LogP contribution in [0.4, 0.5) is 4.39 Å². The first-order valence-electron chi connectivity index (χ1n) is 8.54. The highest BCUT2D eigenvalue weighted by Gasteiger charge is 2.24. The average molecular weight is 378 g/mol. The maximum Gasteiger partial charge on any atom is 0.380 e. The van der Waals surface area contributed by atoms with E-state index in [1.54, 1.807) is 37.3 Å². The van der Waals surface area contributed by atoms with Crippen molar-refractivity contribution < 1.29 is 23.2 Å². The van der Waals surface area contributed by atoms with Crippen LogP contribution in [0.1, 0.15) is 21.7 Å². The standard InChI is InChI=1S/C21H15FN2O4/c1-12-19(15-7-3-5-9-17(15)23-12)20(25)21(26)27-11-13-10-18(28-24-13)14-6-2-4-8-16(14)22/h2-10,23H,11H2,1H3. The molecule has 0 aliphatic heterocycles.